The summed E-state index contributed by atoms with van der Waals surface area (Å²) in [6.45, 7) is 8.91. The van der Waals surface area contributed by atoms with E-state index < -0.39 is 0 Å². The Balaban J connectivity index is 2.54. The maximum absolute atomic E-state index is 11.4. The fraction of sp³-hybridized carbons (Fsp3) is 0.714. The van der Waals surface area contributed by atoms with Crippen molar-refractivity contribution < 1.29 is 4.92 Å². The average molecular weight is 293 g/mol. The second-order valence-electron chi connectivity index (χ2n) is 6.02. The third-order valence-corrected chi connectivity index (χ3v) is 4.32. The summed E-state index contributed by atoms with van der Waals surface area (Å²) < 4.78 is 0. The van der Waals surface area contributed by atoms with Crippen LogP contribution in [0.1, 0.15) is 32.9 Å². The maximum atomic E-state index is 11.4. The zero-order valence-corrected chi connectivity index (χ0v) is 13.3. The summed E-state index contributed by atoms with van der Waals surface area (Å²) in [5, 5.41) is 14.3. The van der Waals surface area contributed by atoms with Crippen LogP contribution in [0.25, 0.3) is 0 Å². The first kappa shape index (κ1) is 15.5. The van der Waals surface area contributed by atoms with Crippen molar-refractivity contribution in [2.75, 3.05) is 23.8 Å². The molecule has 116 valence electrons. The van der Waals surface area contributed by atoms with E-state index in [-0.39, 0.29) is 16.7 Å². The molecule has 1 N–H and O–H groups in total. The van der Waals surface area contributed by atoms with Gasteiger partial charge in [-0.25, -0.2) is 4.98 Å². The number of hydrogen-bond acceptors (Lipinski definition) is 6. The molecule has 1 saturated heterocycles. The molecular formula is C14H23N5O2. The van der Waals surface area contributed by atoms with Crippen LogP contribution in [0.4, 0.5) is 17.5 Å². The first-order valence-electron chi connectivity index (χ1n) is 7.32. The van der Waals surface area contributed by atoms with E-state index in [0.29, 0.717) is 29.3 Å². The predicted octanol–water partition coefficient (Wildman–Crippen LogP) is 2.61. The second-order valence-corrected chi connectivity index (χ2v) is 6.02. The Morgan fingerprint density at radius 3 is 2.57 bits per heavy atom. The molecule has 0 aromatic carbocycles. The summed E-state index contributed by atoms with van der Waals surface area (Å²) in [6.07, 6.45) is 1.13. The van der Waals surface area contributed by atoms with Crippen LogP contribution in [0.15, 0.2) is 0 Å². The van der Waals surface area contributed by atoms with Gasteiger partial charge in [0.1, 0.15) is 5.69 Å². The monoisotopic (exact) mass is 293 g/mol. The van der Waals surface area contributed by atoms with E-state index in [2.05, 4.69) is 41.0 Å². The summed E-state index contributed by atoms with van der Waals surface area (Å²) >= 11 is 0. The fourth-order valence-electron chi connectivity index (χ4n) is 3.07. The van der Waals surface area contributed by atoms with Gasteiger partial charge in [-0.2, -0.15) is 4.98 Å². The number of aryl methyl sites for hydroxylation is 1. The molecule has 7 heteroatoms. The van der Waals surface area contributed by atoms with Crippen molar-refractivity contribution in [1.82, 2.24) is 9.97 Å². The highest BCUT2D eigenvalue weighted by molar-refractivity contribution is 5.63. The molecule has 0 amide bonds. The lowest BCUT2D eigenvalue weighted by atomic mass is 9.86. The van der Waals surface area contributed by atoms with Crippen molar-refractivity contribution in [3.05, 3.63) is 15.8 Å². The first-order chi connectivity index (χ1) is 9.85. The van der Waals surface area contributed by atoms with Gasteiger partial charge in [-0.05, 0) is 32.1 Å². The number of nitro groups is 1. The van der Waals surface area contributed by atoms with E-state index in [1.54, 1.807) is 14.0 Å². The Kier molecular flexibility index (Phi) is 4.29. The zero-order chi connectivity index (χ0) is 15.7. The molecule has 1 aromatic heterocycles. The molecule has 2 heterocycles. The lowest BCUT2D eigenvalue weighted by Gasteiger charge is -2.41. The van der Waals surface area contributed by atoms with E-state index in [1.165, 1.54) is 0 Å². The lowest BCUT2D eigenvalue weighted by molar-refractivity contribution is -0.385. The van der Waals surface area contributed by atoms with Gasteiger partial charge in [-0.1, -0.05) is 13.8 Å². The third-order valence-electron chi connectivity index (χ3n) is 4.32. The number of nitrogens with one attached hydrogen (secondary N) is 1. The van der Waals surface area contributed by atoms with Crippen LogP contribution in [-0.4, -0.2) is 34.5 Å². The van der Waals surface area contributed by atoms with Gasteiger partial charge < -0.3 is 10.2 Å². The average Bonchev–Trinajstić information content (AvgIpc) is 2.41. The molecule has 1 aromatic rings. The van der Waals surface area contributed by atoms with Gasteiger partial charge in [0.15, 0.2) is 0 Å². The molecule has 1 aliphatic rings. The van der Waals surface area contributed by atoms with Crippen LogP contribution in [-0.2, 0) is 0 Å². The molecule has 7 nitrogen and oxygen atoms in total. The molecule has 21 heavy (non-hydrogen) atoms. The molecule has 0 spiro atoms. The highest BCUT2D eigenvalue weighted by Crippen LogP contribution is 2.36. The number of hydrogen-bond donors (Lipinski definition) is 1. The number of aromatic nitrogens is 2. The number of nitrogens with zero attached hydrogens (tertiary/aromatic N) is 4. The quantitative estimate of drug-likeness (QED) is 0.681. The van der Waals surface area contributed by atoms with Crippen LogP contribution in [0.2, 0.25) is 0 Å². The number of rotatable bonds is 3. The molecule has 3 atom stereocenters. The summed E-state index contributed by atoms with van der Waals surface area (Å²) in [6, 6.07) is 0.221. The molecule has 1 aliphatic heterocycles. The van der Waals surface area contributed by atoms with Gasteiger partial charge in [0, 0.05) is 19.6 Å². The van der Waals surface area contributed by atoms with Crippen molar-refractivity contribution in [3.8, 4) is 0 Å². The van der Waals surface area contributed by atoms with Gasteiger partial charge in [0.05, 0.1) is 4.92 Å². The van der Waals surface area contributed by atoms with E-state index in [0.717, 1.165) is 13.0 Å². The minimum atomic E-state index is -0.374. The fourth-order valence-corrected chi connectivity index (χ4v) is 3.07. The van der Waals surface area contributed by atoms with Crippen LogP contribution in [0.5, 0.6) is 0 Å². The van der Waals surface area contributed by atoms with Crippen LogP contribution in [0, 0.1) is 28.9 Å². The minimum Gasteiger partial charge on any atom is -0.357 e. The van der Waals surface area contributed by atoms with Crippen molar-refractivity contribution in [3.63, 3.8) is 0 Å². The first-order valence-corrected chi connectivity index (χ1v) is 7.32. The Bertz CT molecular complexity index is 548. The third kappa shape index (κ3) is 2.91. The Morgan fingerprint density at radius 2 is 2.00 bits per heavy atom. The van der Waals surface area contributed by atoms with Crippen LogP contribution in [0.3, 0.4) is 0 Å². The van der Waals surface area contributed by atoms with Gasteiger partial charge >= 0.3 is 5.69 Å². The zero-order valence-electron chi connectivity index (χ0n) is 13.3. The van der Waals surface area contributed by atoms with Gasteiger partial charge in [-0.15, -0.1) is 0 Å². The highest BCUT2D eigenvalue weighted by atomic mass is 16.6. The van der Waals surface area contributed by atoms with Gasteiger partial charge in [0.2, 0.25) is 11.8 Å². The van der Waals surface area contributed by atoms with Gasteiger partial charge in [0.25, 0.3) is 0 Å². The van der Waals surface area contributed by atoms with E-state index >= 15 is 0 Å². The second kappa shape index (κ2) is 5.83. The lowest BCUT2D eigenvalue weighted by Crippen LogP contribution is -2.46. The summed E-state index contributed by atoms with van der Waals surface area (Å²) in [5.74, 6) is 1.82. The largest absolute Gasteiger partial charge is 0.357 e. The molecule has 0 bridgehead atoms. The van der Waals surface area contributed by atoms with Crippen molar-refractivity contribution in [2.24, 2.45) is 11.8 Å². The van der Waals surface area contributed by atoms with Crippen LogP contribution >= 0.6 is 0 Å². The smallest absolute Gasteiger partial charge is 0.332 e. The number of piperidine rings is 1. The molecule has 0 radical (unpaired) electrons. The van der Waals surface area contributed by atoms with Crippen LogP contribution < -0.4 is 10.2 Å². The predicted molar refractivity (Wildman–Crippen MR) is 82.7 cm³/mol. The Morgan fingerprint density at radius 1 is 1.33 bits per heavy atom. The topological polar surface area (TPSA) is 84.2 Å². The molecule has 1 fully saturated rings. The normalized spacial score (nSPS) is 25.8. The number of anilines is 2. The molecule has 3 unspecified atom stereocenters. The van der Waals surface area contributed by atoms with E-state index in [9.17, 15) is 10.1 Å². The minimum absolute atomic E-state index is 0.0159. The maximum Gasteiger partial charge on any atom is 0.332 e. The van der Waals surface area contributed by atoms with Crippen molar-refractivity contribution in [2.45, 2.75) is 40.2 Å². The molecule has 2 rings (SSSR count). The summed E-state index contributed by atoms with van der Waals surface area (Å²) in [4.78, 5) is 21.6. The summed E-state index contributed by atoms with van der Waals surface area (Å²) in [5.41, 5.74) is 0.412. The molecule has 0 aliphatic carbocycles. The van der Waals surface area contributed by atoms with Crippen molar-refractivity contribution in [1.29, 1.82) is 0 Å². The SMILES string of the molecule is CNc1nc(C)c([N+](=O)[O-])c(N2CC(C)CC(C)C2C)n1. The van der Waals surface area contributed by atoms with Crippen molar-refractivity contribution >= 4 is 17.5 Å². The summed E-state index contributed by atoms with van der Waals surface area (Å²) in [7, 11) is 1.72. The Labute approximate surface area is 124 Å². The molecular weight excluding hydrogens is 270 g/mol. The highest BCUT2D eigenvalue weighted by Gasteiger charge is 2.35. The van der Waals surface area contributed by atoms with Gasteiger partial charge in [-0.3, -0.25) is 10.1 Å². The van der Waals surface area contributed by atoms with E-state index in [1.807, 2.05) is 0 Å². The Hall–Kier alpha value is -1.92. The standard InChI is InChI=1S/C14H23N5O2/c1-8-6-9(2)11(4)18(7-8)13-12(19(20)21)10(3)16-14(15-5)17-13/h8-9,11H,6-7H2,1-5H3,(H,15,16,17). The van der Waals surface area contributed by atoms with E-state index in [4.69, 9.17) is 0 Å². The molecule has 0 saturated carbocycles.